The van der Waals surface area contributed by atoms with Crippen molar-refractivity contribution in [2.75, 3.05) is 33.9 Å². The molecule has 2 rings (SSSR count). The minimum atomic E-state index is -0.0899. The molecule has 0 unspecified atom stereocenters. The van der Waals surface area contributed by atoms with Crippen LogP contribution in [0.5, 0.6) is 11.5 Å². The fourth-order valence-electron chi connectivity index (χ4n) is 2.34. The van der Waals surface area contributed by atoms with E-state index in [1.165, 1.54) is 5.57 Å². The minimum Gasteiger partial charge on any atom is -0.493 e. The van der Waals surface area contributed by atoms with Crippen molar-refractivity contribution in [1.82, 2.24) is 10.6 Å². The molecule has 0 atom stereocenters. The van der Waals surface area contributed by atoms with Crippen LogP contribution < -0.4 is 20.1 Å². The maximum atomic E-state index is 12.3. The van der Waals surface area contributed by atoms with Crippen LogP contribution in [-0.2, 0) is 0 Å². The van der Waals surface area contributed by atoms with Gasteiger partial charge >= 0.3 is 0 Å². The minimum absolute atomic E-state index is 0.0899. The summed E-state index contributed by atoms with van der Waals surface area (Å²) in [5, 5.41) is 6.22. The van der Waals surface area contributed by atoms with Crippen molar-refractivity contribution in [2.24, 2.45) is 0 Å². The van der Waals surface area contributed by atoms with Crippen molar-refractivity contribution in [3.05, 3.63) is 34.9 Å². The number of hydrogen-bond donors (Lipinski definition) is 2. The van der Waals surface area contributed by atoms with E-state index in [4.69, 9.17) is 9.47 Å². The quantitative estimate of drug-likeness (QED) is 0.810. The van der Waals surface area contributed by atoms with E-state index in [0.717, 1.165) is 25.1 Å². The largest absolute Gasteiger partial charge is 0.493 e. The first kappa shape index (κ1) is 15.4. The van der Waals surface area contributed by atoms with Crippen molar-refractivity contribution < 1.29 is 14.3 Å². The van der Waals surface area contributed by atoms with Gasteiger partial charge in [-0.2, -0.15) is 0 Å². The van der Waals surface area contributed by atoms with Gasteiger partial charge in [-0.05, 0) is 37.6 Å². The Morgan fingerprint density at radius 1 is 1.29 bits per heavy atom. The predicted molar refractivity (Wildman–Crippen MR) is 82.2 cm³/mol. The Morgan fingerprint density at radius 2 is 2.00 bits per heavy atom. The highest BCUT2D eigenvalue weighted by Crippen LogP contribution is 2.30. The number of rotatable bonds is 5. The zero-order valence-electron chi connectivity index (χ0n) is 12.8. The number of benzene rings is 1. The average Bonchev–Trinajstić information content (AvgIpc) is 2.53. The summed E-state index contributed by atoms with van der Waals surface area (Å²) in [6.45, 7) is 4.33. The SMILES string of the molecule is COc1cc(C)c(C(=O)NCC2=CCNCC2)cc1OC. The third-order valence-electron chi connectivity index (χ3n) is 3.61. The molecular formula is C16H22N2O3. The molecule has 2 N–H and O–H groups in total. The van der Waals surface area contributed by atoms with Crippen LogP contribution in [0.2, 0.25) is 0 Å². The van der Waals surface area contributed by atoms with Crippen LogP contribution in [0.4, 0.5) is 0 Å². The van der Waals surface area contributed by atoms with E-state index in [-0.39, 0.29) is 5.91 Å². The summed E-state index contributed by atoms with van der Waals surface area (Å²) < 4.78 is 10.5. The molecule has 21 heavy (non-hydrogen) atoms. The number of methoxy groups -OCH3 is 2. The Hall–Kier alpha value is -2.01. The van der Waals surface area contributed by atoms with Crippen LogP contribution in [-0.4, -0.2) is 39.8 Å². The molecule has 114 valence electrons. The van der Waals surface area contributed by atoms with Crippen molar-refractivity contribution in [1.29, 1.82) is 0 Å². The fraction of sp³-hybridized carbons (Fsp3) is 0.438. The van der Waals surface area contributed by atoms with Gasteiger partial charge in [-0.15, -0.1) is 0 Å². The van der Waals surface area contributed by atoms with Gasteiger partial charge < -0.3 is 20.1 Å². The summed E-state index contributed by atoms with van der Waals surface area (Å²) in [6.07, 6.45) is 3.11. The van der Waals surface area contributed by atoms with E-state index < -0.39 is 0 Å². The van der Waals surface area contributed by atoms with Gasteiger partial charge in [0.1, 0.15) is 0 Å². The summed E-state index contributed by atoms with van der Waals surface area (Å²) in [7, 11) is 3.15. The van der Waals surface area contributed by atoms with E-state index >= 15 is 0 Å². The lowest BCUT2D eigenvalue weighted by molar-refractivity contribution is 0.0955. The van der Waals surface area contributed by atoms with Gasteiger partial charge in [0.2, 0.25) is 0 Å². The van der Waals surface area contributed by atoms with Crippen LogP contribution in [0.3, 0.4) is 0 Å². The number of hydrogen-bond acceptors (Lipinski definition) is 4. The molecule has 0 saturated carbocycles. The van der Waals surface area contributed by atoms with Crippen molar-refractivity contribution >= 4 is 5.91 Å². The summed E-state index contributed by atoms with van der Waals surface area (Å²) in [5.41, 5.74) is 2.74. The van der Waals surface area contributed by atoms with Gasteiger partial charge in [-0.3, -0.25) is 4.79 Å². The van der Waals surface area contributed by atoms with Crippen LogP contribution in [0.1, 0.15) is 22.3 Å². The lowest BCUT2D eigenvalue weighted by atomic mass is 10.1. The number of ether oxygens (including phenoxy) is 2. The van der Waals surface area contributed by atoms with Gasteiger partial charge in [-0.25, -0.2) is 0 Å². The van der Waals surface area contributed by atoms with Gasteiger partial charge in [0.05, 0.1) is 14.2 Å². The maximum Gasteiger partial charge on any atom is 0.251 e. The Kier molecular flexibility index (Phi) is 5.22. The smallest absolute Gasteiger partial charge is 0.251 e. The van der Waals surface area contributed by atoms with Gasteiger partial charge in [0, 0.05) is 18.7 Å². The second kappa shape index (κ2) is 7.13. The van der Waals surface area contributed by atoms with Crippen LogP contribution >= 0.6 is 0 Å². The number of aryl methyl sites for hydroxylation is 1. The molecular weight excluding hydrogens is 268 g/mol. The molecule has 0 saturated heterocycles. The Bertz CT molecular complexity index is 553. The van der Waals surface area contributed by atoms with E-state index in [1.807, 2.05) is 13.0 Å². The van der Waals surface area contributed by atoms with Gasteiger partial charge in [0.25, 0.3) is 5.91 Å². The Morgan fingerprint density at radius 3 is 2.62 bits per heavy atom. The molecule has 1 aliphatic heterocycles. The predicted octanol–water partition coefficient (Wildman–Crippen LogP) is 1.66. The topological polar surface area (TPSA) is 59.6 Å². The Labute approximate surface area is 125 Å². The normalized spacial score (nSPS) is 14.3. The first-order valence-corrected chi connectivity index (χ1v) is 7.05. The van der Waals surface area contributed by atoms with Crippen molar-refractivity contribution in [3.63, 3.8) is 0 Å². The second-order valence-corrected chi connectivity index (χ2v) is 5.02. The molecule has 5 heteroatoms. The van der Waals surface area contributed by atoms with Crippen LogP contribution in [0, 0.1) is 6.92 Å². The fourth-order valence-corrected chi connectivity index (χ4v) is 2.34. The Balaban J connectivity index is 2.09. The molecule has 1 amide bonds. The molecule has 1 heterocycles. The second-order valence-electron chi connectivity index (χ2n) is 5.02. The molecule has 0 aromatic heterocycles. The lowest BCUT2D eigenvalue weighted by Crippen LogP contribution is -2.30. The summed E-state index contributed by atoms with van der Waals surface area (Å²) in [6, 6.07) is 3.54. The highest BCUT2D eigenvalue weighted by molar-refractivity contribution is 5.96. The van der Waals surface area contributed by atoms with Gasteiger partial charge in [-0.1, -0.05) is 11.6 Å². The third-order valence-corrected chi connectivity index (χ3v) is 3.61. The molecule has 0 fully saturated rings. The molecule has 0 spiro atoms. The summed E-state index contributed by atoms with van der Waals surface area (Å²) in [4.78, 5) is 12.3. The molecule has 1 aliphatic rings. The van der Waals surface area contributed by atoms with Crippen molar-refractivity contribution in [2.45, 2.75) is 13.3 Å². The van der Waals surface area contributed by atoms with E-state index in [1.54, 1.807) is 20.3 Å². The van der Waals surface area contributed by atoms with Crippen molar-refractivity contribution in [3.8, 4) is 11.5 Å². The number of nitrogens with one attached hydrogen (secondary N) is 2. The van der Waals surface area contributed by atoms with E-state index in [9.17, 15) is 4.79 Å². The first-order valence-electron chi connectivity index (χ1n) is 7.05. The average molecular weight is 290 g/mol. The highest BCUT2D eigenvalue weighted by atomic mass is 16.5. The first-order chi connectivity index (χ1) is 10.2. The molecule has 0 aliphatic carbocycles. The van der Waals surface area contributed by atoms with Crippen LogP contribution in [0.25, 0.3) is 0 Å². The molecule has 5 nitrogen and oxygen atoms in total. The zero-order valence-corrected chi connectivity index (χ0v) is 12.8. The summed E-state index contributed by atoms with van der Waals surface area (Å²) >= 11 is 0. The van der Waals surface area contributed by atoms with Crippen LogP contribution in [0.15, 0.2) is 23.8 Å². The third kappa shape index (κ3) is 3.76. The zero-order chi connectivity index (χ0) is 15.2. The molecule has 1 aromatic carbocycles. The monoisotopic (exact) mass is 290 g/mol. The molecule has 0 bridgehead atoms. The molecule has 1 aromatic rings. The standard InChI is InChI=1S/C16H22N2O3/c1-11-8-14(20-2)15(21-3)9-13(11)16(19)18-10-12-4-6-17-7-5-12/h4,8-9,17H,5-7,10H2,1-3H3,(H,18,19). The maximum absolute atomic E-state index is 12.3. The number of carbonyl (C=O) groups is 1. The number of carbonyl (C=O) groups excluding carboxylic acids is 1. The lowest BCUT2D eigenvalue weighted by Gasteiger charge is -2.16. The summed E-state index contributed by atoms with van der Waals surface area (Å²) in [5.74, 6) is 1.11. The molecule has 0 radical (unpaired) electrons. The number of amides is 1. The van der Waals surface area contributed by atoms with E-state index in [0.29, 0.717) is 23.6 Å². The van der Waals surface area contributed by atoms with Gasteiger partial charge in [0.15, 0.2) is 11.5 Å². The van der Waals surface area contributed by atoms with E-state index in [2.05, 4.69) is 16.7 Å². The highest BCUT2D eigenvalue weighted by Gasteiger charge is 2.15.